The Morgan fingerprint density at radius 3 is 2.39 bits per heavy atom. The molecule has 2 amide bonds. The van der Waals surface area contributed by atoms with E-state index in [0.717, 1.165) is 49.8 Å². The first-order chi connectivity index (χ1) is 11.1. The minimum Gasteiger partial charge on any atom is -0.493 e. The van der Waals surface area contributed by atoms with Crippen molar-refractivity contribution >= 4 is 11.7 Å². The lowest BCUT2D eigenvalue weighted by Gasteiger charge is -2.36. The number of methoxy groups -OCH3 is 2. The van der Waals surface area contributed by atoms with E-state index in [1.165, 1.54) is 0 Å². The molecule has 2 rings (SSSR count). The fourth-order valence-electron chi connectivity index (χ4n) is 2.59. The molecule has 0 saturated carbocycles. The SMILES string of the molecule is CCC(C)NC(=O)N1CCN(c2ccc(OC)c(OC)c2)CC1. The number of nitrogens with one attached hydrogen (secondary N) is 1. The minimum absolute atomic E-state index is 0.0336. The molecule has 1 aromatic carbocycles. The van der Waals surface area contributed by atoms with E-state index in [0.29, 0.717) is 0 Å². The van der Waals surface area contributed by atoms with Crippen molar-refractivity contribution < 1.29 is 14.3 Å². The summed E-state index contributed by atoms with van der Waals surface area (Å²) in [5, 5.41) is 3.02. The summed E-state index contributed by atoms with van der Waals surface area (Å²) in [6.45, 7) is 7.15. The summed E-state index contributed by atoms with van der Waals surface area (Å²) in [6.07, 6.45) is 0.942. The molecule has 0 aromatic heterocycles. The first-order valence-electron chi connectivity index (χ1n) is 8.11. The van der Waals surface area contributed by atoms with E-state index >= 15 is 0 Å². The average Bonchev–Trinajstić information content (AvgIpc) is 2.60. The van der Waals surface area contributed by atoms with Gasteiger partial charge >= 0.3 is 6.03 Å². The number of rotatable bonds is 5. The van der Waals surface area contributed by atoms with Gasteiger partial charge in [0.2, 0.25) is 0 Å². The van der Waals surface area contributed by atoms with Crippen LogP contribution in [0.1, 0.15) is 20.3 Å². The molecule has 0 aliphatic carbocycles. The molecule has 6 heteroatoms. The third-order valence-corrected chi connectivity index (χ3v) is 4.28. The van der Waals surface area contributed by atoms with Gasteiger partial charge in [0.25, 0.3) is 0 Å². The molecule has 23 heavy (non-hydrogen) atoms. The van der Waals surface area contributed by atoms with Crippen LogP contribution in [-0.2, 0) is 0 Å². The van der Waals surface area contributed by atoms with Crippen LogP contribution >= 0.6 is 0 Å². The molecule has 1 atom stereocenters. The van der Waals surface area contributed by atoms with Crippen molar-refractivity contribution in [1.29, 1.82) is 0 Å². The summed E-state index contributed by atoms with van der Waals surface area (Å²) < 4.78 is 10.6. The molecule has 1 aliphatic rings. The number of hydrogen-bond donors (Lipinski definition) is 1. The Balaban J connectivity index is 1.95. The van der Waals surface area contributed by atoms with E-state index in [9.17, 15) is 4.79 Å². The van der Waals surface area contributed by atoms with Crippen LogP contribution in [0.25, 0.3) is 0 Å². The maximum absolute atomic E-state index is 12.2. The Morgan fingerprint density at radius 1 is 1.17 bits per heavy atom. The third kappa shape index (κ3) is 4.21. The molecule has 1 saturated heterocycles. The predicted molar refractivity (Wildman–Crippen MR) is 91.6 cm³/mol. The second-order valence-electron chi connectivity index (χ2n) is 5.77. The molecule has 0 spiro atoms. The number of carbonyl (C=O) groups is 1. The van der Waals surface area contributed by atoms with Crippen molar-refractivity contribution in [2.24, 2.45) is 0 Å². The van der Waals surface area contributed by atoms with Crippen LogP contribution in [0.4, 0.5) is 10.5 Å². The number of piperazine rings is 1. The zero-order chi connectivity index (χ0) is 16.8. The van der Waals surface area contributed by atoms with E-state index in [1.54, 1.807) is 14.2 Å². The van der Waals surface area contributed by atoms with Gasteiger partial charge in [-0.2, -0.15) is 0 Å². The number of anilines is 1. The van der Waals surface area contributed by atoms with Crippen LogP contribution in [0, 0.1) is 0 Å². The van der Waals surface area contributed by atoms with Crippen molar-refractivity contribution in [3.05, 3.63) is 18.2 Å². The highest BCUT2D eigenvalue weighted by atomic mass is 16.5. The van der Waals surface area contributed by atoms with E-state index < -0.39 is 0 Å². The number of amides is 2. The molecule has 1 heterocycles. The molecule has 1 N–H and O–H groups in total. The van der Waals surface area contributed by atoms with E-state index in [2.05, 4.69) is 17.1 Å². The molecule has 0 bridgehead atoms. The van der Waals surface area contributed by atoms with Crippen molar-refractivity contribution in [2.75, 3.05) is 45.3 Å². The zero-order valence-electron chi connectivity index (χ0n) is 14.5. The molecule has 0 radical (unpaired) electrons. The lowest BCUT2D eigenvalue weighted by atomic mass is 10.2. The van der Waals surface area contributed by atoms with Gasteiger partial charge in [-0.1, -0.05) is 6.92 Å². The summed E-state index contributed by atoms with van der Waals surface area (Å²) in [7, 11) is 3.27. The van der Waals surface area contributed by atoms with Gasteiger partial charge < -0.3 is 24.6 Å². The van der Waals surface area contributed by atoms with Crippen LogP contribution < -0.4 is 19.7 Å². The van der Waals surface area contributed by atoms with E-state index in [4.69, 9.17) is 9.47 Å². The predicted octanol–water partition coefficient (Wildman–Crippen LogP) is 2.33. The van der Waals surface area contributed by atoms with Crippen molar-refractivity contribution in [3.8, 4) is 11.5 Å². The number of carbonyl (C=O) groups excluding carboxylic acids is 1. The highest BCUT2D eigenvalue weighted by Gasteiger charge is 2.22. The second-order valence-corrected chi connectivity index (χ2v) is 5.77. The number of nitrogens with zero attached hydrogens (tertiary/aromatic N) is 2. The molecule has 6 nitrogen and oxygen atoms in total. The number of hydrogen-bond acceptors (Lipinski definition) is 4. The van der Waals surface area contributed by atoms with Gasteiger partial charge in [0.15, 0.2) is 11.5 Å². The summed E-state index contributed by atoms with van der Waals surface area (Å²) in [5.41, 5.74) is 1.09. The number of ether oxygens (including phenoxy) is 2. The van der Waals surface area contributed by atoms with Gasteiger partial charge in [-0.15, -0.1) is 0 Å². The van der Waals surface area contributed by atoms with Crippen LogP contribution in [0.2, 0.25) is 0 Å². The maximum Gasteiger partial charge on any atom is 0.317 e. The molecule has 1 aromatic rings. The Morgan fingerprint density at radius 2 is 1.83 bits per heavy atom. The van der Waals surface area contributed by atoms with Crippen LogP contribution in [-0.4, -0.2) is 57.4 Å². The van der Waals surface area contributed by atoms with Gasteiger partial charge in [0.1, 0.15) is 0 Å². The highest BCUT2D eigenvalue weighted by Crippen LogP contribution is 2.31. The lowest BCUT2D eigenvalue weighted by Crippen LogP contribution is -2.53. The van der Waals surface area contributed by atoms with Gasteiger partial charge in [-0.25, -0.2) is 4.79 Å². The van der Waals surface area contributed by atoms with Crippen LogP contribution in [0.3, 0.4) is 0 Å². The Labute approximate surface area is 138 Å². The average molecular weight is 321 g/mol. The summed E-state index contributed by atoms with van der Waals surface area (Å²) >= 11 is 0. The minimum atomic E-state index is 0.0336. The van der Waals surface area contributed by atoms with Gasteiger partial charge in [0, 0.05) is 44.0 Å². The molecular formula is C17H27N3O3. The zero-order valence-corrected chi connectivity index (χ0v) is 14.5. The molecule has 1 fully saturated rings. The van der Waals surface area contributed by atoms with E-state index in [1.807, 2.05) is 30.0 Å². The summed E-state index contributed by atoms with van der Waals surface area (Å²) in [5.74, 6) is 1.45. The molecule has 1 unspecified atom stereocenters. The fraction of sp³-hybridized carbons (Fsp3) is 0.588. The summed E-state index contributed by atoms with van der Waals surface area (Å²) in [4.78, 5) is 16.3. The quantitative estimate of drug-likeness (QED) is 0.904. The second kappa shape index (κ2) is 7.94. The lowest BCUT2D eigenvalue weighted by molar-refractivity contribution is 0.190. The first-order valence-corrected chi connectivity index (χ1v) is 8.11. The monoisotopic (exact) mass is 321 g/mol. The third-order valence-electron chi connectivity index (χ3n) is 4.28. The van der Waals surface area contributed by atoms with Gasteiger partial charge in [-0.05, 0) is 25.5 Å². The van der Waals surface area contributed by atoms with Crippen molar-refractivity contribution in [3.63, 3.8) is 0 Å². The molecule has 128 valence electrons. The Bertz CT molecular complexity index is 528. The number of benzene rings is 1. The fourth-order valence-corrected chi connectivity index (χ4v) is 2.59. The Kier molecular flexibility index (Phi) is 5.96. The van der Waals surface area contributed by atoms with Crippen LogP contribution in [0.5, 0.6) is 11.5 Å². The maximum atomic E-state index is 12.2. The van der Waals surface area contributed by atoms with E-state index in [-0.39, 0.29) is 12.1 Å². The van der Waals surface area contributed by atoms with Crippen molar-refractivity contribution in [1.82, 2.24) is 10.2 Å². The van der Waals surface area contributed by atoms with Crippen LogP contribution in [0.15, 0.2) is 18.2 Å². The normalized spacial score (nSPS) is 16.0. The Hall–Kier alpha value is -2.11. The van der Waals surface area contributed by atoms with Gasteiger partial charge in [-0.3, -0.25) is 0 Å². The largest absolute Gasteiger partial charge is 0.493 e. The standard InChI is InChI=1S/C17H27N3O3/c1-5-13(2)18-17(21)20-10-8-19(9-11-20)14-6-7-15(22-3)16(12-14)23-4/h6-7,12-13H,5,8-11H2,1-4H3,(H,18,21). The first kappa shape index (κ1) is 17.2. The summed E-state index contributed by atoms with van der Waals surface area (Å²) in [6, 6.07) is 6.16. The van der Waals surface area contributed by atoms with Crippen molar-refractivity contribution in [2.45, 2.75) is 26.3 Å². The molecular weight excluding hydrogens is 294 g/mol. The highest BCUT2D eigenvalue weighted by molar-refractivity contribution is 5.75. The number of urea groups is 1. The smallest absolute Gasteiger partial charge is 0.317 e. The van der Waals surface area contributed by atoms with Gasteiger partial charge in [0.05, 0.1) is 14.2 Å². The topological polar surface area (TPSA) is 54.0 Å². The molecule has 1 aliphatic heterocycles.